The summed E-state index contributed by atoms with van der Waals surface area (Å²) in [6.45, 7) is 10.3. The summed E-state index contributed by atoms with van der Waals surface area (Å²) in [5, 5.41) is 3.25. The maximum atomic E-state index is 2.59. The molecule has 2 aromatic carbocycles. The minimum atomic E-state index is -1.72. The molecule has 0 radical (unpaired) electrons. The molecule has 0 aromatic heterocycles. The summed E-state index contributed by atoms with van der Waals surface area (Å²) in [7, 11) is -3.45. The van der Waals surface area contributed by atoms with E-state index in [0.29, 0.717) is 0 Å². The van der Waals surface area contributed by atoms with Gasteiger partial charge in [0.1, 0.15) is 0 Å². The van der Waals surface area contributed by atoms with Crippen molar-refractivity contribution in [2.45, 2.75) is 39.0 Å². The Labute approximate surface area is 225 Å². The van der Waals surface area contributed by atoms with Gasteiger partial charge in [-0.2, -0.15) is 0 Å². The van der Waals surface area contributed by atoms with Crippen LogP contribution >= 0.6 is 0 Å². The molecule has 33 heavy (non-hydrogen) atoms. The molecule has 0 bridgehead atoms. The summed E-state index contributed by atoms with van der Waals surface area (Å²) in [5.41, 5.74) is 3.00. The summed E-state index contributed by atoms with van der Waals surface area (Å²) in [5.74, 6) is 0. The van der Waals surface area contributed by atoms with E-state index in [9.17, 15) is 0 Å². The van der Waals surface area contributed by atoms with Crippen molar-refractivity contribution in [1.82, 2.24) is 0 Å². The van der Waals surface area contributed by atoms with Crippen molar-refractivity contribution in [3.8, 4) is 0 Å². The van der Waals surface area contributed by atoms with Crippen molar-refractivity contribution in [1.29, 1.82) is 0 Å². The molecule has 0 unspecified atom stereocenters. The molecule has 5 heteroatoms. The molecule has 170 valence electrons. The van der Waals surface area contributed by atoms with Gasteiger partial charge in [0.15, 0.2) is 0 Å². The molecular formula is C28H32Cl2Si2Zr. The van der Waals surface area contributed by atoms with Crippen LogP contribution in [0.2, 0.25) is 26.2 Å². The van der Waals surface area contributed by atoms with Gasteiger partial charge in [0.05, 0.1) is 0 Å². The van der Waals surface area contributed by atoms with E-state index in [1.165, 1.54) is 11.1 Å². The topological polar surface area (TPSA) is 0 Å². The van der Waals surface area contributed by atoms with Crippen LogP contribution in [0.25, 0.3) is 0 Å². The summed E-state index contributed by atoms with van der Waals surface area (Å²) in [4.78, 5) is 0. The molecule has 0 fully saturated rings. The van der Waals surface area contributed by atoms with E-state index in [4.69, 9.17) is 0 Å². The first-order valence-corrected chi connectivity index (χ1v) is 19.7. The van der Waals surface area contributed by atoms with Crippen molar-refractivity contribution in [3.63, 3.8) is 0 Å². The van der Waals surface area contributed by atoms with Gasteiger partial charge in [-0.25, -0.2) is 0 Å². The van der Waals surface area contributed by atoms with Gasteiger partial charge >= 0.3 is 202 Å². The fraction of sp³-hybridized carbons (Fsp3) is 0.214. The van der Waals surface area contributed by atoms with Crippen molar-refractivity contribution in [3.05, 3.63) is 119 Å². The second kappa shape index (κ2) is 12.1. The van der Waals surface area contributed by atoms with Crippen LogP contribution in [0.4, 0.5) is 0 Å². The van der Waals surface area contributed by atoms with Gasteiger partial charge in [-0.15, -0.1) is 0 Å². The molecule has 0 atom stereocenters. The number of halogens is 2. The molecule has 2 aliphatic carbocycles. The third-order valence-electron chi connectivity index (χ3n) is 6.61. The molecule has 2 aromatic rings. The fourth-order valence-electron chi connectivity index (χ4n) is 4.64. The SMILES string of the molecule is C[Si](C)(C1=CCC=C1)[C](=[Zr+2]=[C](c1ccccc1)[Si](C)(C)C1=CCC=C1)c1ccccc1.[Cl-].[Cl-]. The molecule has 2 aliphatic rings. The summed E-state index contributed by atoms with van der Waals surface area (Å²) < 4.78 is 3.66. The van der Waals surface area contributed by atoms with E-state index < -0.39 is 38.4 Å². The predicted octanol–water partition coefficient (Wildman–Crippen LogP) is 0.865. The molecule has 0 nitrogen and oxygen atoms in total. The number of benzene rings is 2. The van der Waals surface area contributed by atoms with Crippen LogP contribution in [0.3, 0.4) is 0 Å². The van der Waals surface area contributed by atoms with E-state index in [0.717, 1.165) is 12.8 Å². The van der Waals surface area contributed by atoms with Gasteiger partial charge in [-0.05, 0) is 0 Å². The van der Waals surface area contributed by atoms with Gasteiger partial charge in [0.2, 0.25) is 0 Å². The Bertz CT molecular complexity index is 1060. The van der Waals surface area contributed by atoms with Crippen molar-refractivity contribution < 1.29 is 47.1 Å². The average molecular weight is 587 g/mol. The van der Waals surface area contributed by atoms with Gasteiger partial charge in [0.25, 0.3) is 0 Å². The number of allylic oxidation sites excluding steroid dienone is 8. The quantitative estimate of drug-likeness (QED) is 0.441. The third-order valence-corrected chi connectivity index (χ3v) is 26.7. The Morgan fingerprint density at radius 3 is 1.27 bits per heavy atom. The van der Waals surface area contributed by atoms with Crippen LogP contribution in [-0.4, -0.2) is 21.8 Å². The molecule has 0 heterocycles. The first kappa shape index (κ1) is 28.3. The van der Waals surface area contributed by atoms with Crippen molar-refractivity contribution in [2.24, 2.45) is 0 Å². The van der Waals surface area contributed by atoms with Gasteiger partial charge in [-0.3, -0.25) is 0 Å². The second-order valence-electron chi connectivity index (χ2n) is 9.45. The fourth-order valence-corrected chi connectivity index (χ4v) is 21.0. The minimum absolute atomic E-state index is 0. The molecule has 0 saturated carbocycles. The van der Waals surface area contributed by atoms with Gasteiger partial charge in [0, 0.05) is 0 Å². The standard InChI is InChI=1S/2C14H16Si.2ClH.Zr/c2*1-15(2,14-10-6-7-11-14)12-13-8-4-3-5-9-13;;;/h2*3-6,8-11H,7H2,1-2H3;2*1H;/q;;;;+2/p-2. The molecule has 0 aliphatic heterocycles. The number of hydrogen-bond acceptors (Lipinski definition) is 0. The second-order valence-corrected chi connectivity index (χ2v) is 23.6. The van der Waals surface area contributed by atoms with E-state index in [1.807, 2.05) is 5.66 Å². The van der Waals surface area contributed by atoms with Crippen LogP contribution < -0.4 is 24.8 Å². The Morgan fingerprint density at radius 2 is 0.970 bits per heavy atom. The van der Waals surface area contributed by atoms with Crippen LogP contribution in [0.5, 0.6) is 0 Å². The smallest absolute Gasteiger partial charge is 1.00 e. The molecular weight excluding hydrogens is 555 g/mol. The summed E-state index contributed by atoms with van der Waals surface area (Å²) >= 11 is -1.01. The molecule has 0 spiro atoms. The van der Waals surface area contributed by atoms with E-state index in [2.05, 4.69) is 123 Å². The maximum absolute atomic E-state index is 2.59. The summed E-state index contributed by atoms with van der Waals surface area (Å²) in [6.07, 6.45) is 16.7. The zero-order valence-electron chi connectivity index (χ0n) is 19.9. The Balaban J connectivity index is 0.00000193. The van der Waals surface area contributed by atoms with E-state index >= 15 is 0 Å². The largest absolute Gasteiger partial charge is 1.00 e. The van der Waals surface area contributed by atoms with Crippen molar-refractivity contribution in [2.75, 3.05) is 0 Å². The molecule has 0 saturated heterocycles. The van der Waals surface area contributed by atoms with Crippen LogP contribution in [0, 0.1) is 0 Å². The Hall–Kier alpha value is -0.963. The summed E-state index contributed by atoms with van der Waals surface area (Å²) in [6, 6.07) is 22.7. The average Bonchev–Trinajstić information content (AvgIpc) is 3.50. The predicted molar refractivity (Wildman–Crippen MR) is 140 cm³/mol. The molecule has 4 rings (SSSR count). The maximum Gasteiger partial charge on any atom is -1.00 e. The van der Waals surface area contributed by atoms with Crippen LogP contribution in [0.1, 0.15) is 24.0 Å². The normalized spacial score (nSPS) is 14.9. The number of rotatable bonds is 6. The van der Waals surface area contributed by atoms with Crippen LogP contribution in [0.15, 0.2) is 108 Å². The Kier molecular flexibility index (Phi) is 10.4. The van der Waals surface area contributed by atoms with E-state index in [-0.39, 0.29) is 24.8 Å². The van der Waals surface area contributed by atoms with Crippen LogP contribution in [-0.2, 0) is 22.3 Å². The monoisotopic (exact) mass is 584 g/mol. The first-order chi connectivity index (χ1) is 14.9. The first-order valence-electron chi connectivity index (χ1n) is 11.3. The minimum Gasteiger partial charge on any atom is -1.00 e. The molecule has 0 amide bonds. The Morgan fingerprint density at radius 1 is 0.606 bits per heavy atom. The van der Waals surface area contributed by atoms with E-state index in [1.54, 1.807) is 10.4 Å². The number of hydrogen-bond donors (Lipinski definition) is 0. The van der Waals surface area contributed by atoms with Gasteiger partial charge < -0.3 is 24.8 Å². The zero-order chi connectivity index (χ0) is 21.9. The zero-order valence-corrected chi connectivity index (χ0v) is 25.9. The van der Waals surface area contributed by atoms with Crippen molar-refractivity contribution >= 4 is 21.8 Å². The third kappa shape index (κ3) is 6.19. The molecule has 0 N–H and O–H groups in total. The van der Waals surface area contributed by atoms with Gasteiger partial charge in [-0.1, -0.05) is 0 Å².